The smallest absolute Gasteiger partial charge is 0.130 e. The Hall–Kier alpha value is -3.27. The summed E-state index contributed by atoms with van der Waals surface area (Å²) in [5, 5.41) is 1.03. The van der Waals surface area contributed by atoms with Crippen molar-refractivity contribution in [2.45, 2.75) is 19.9 Å². The van der Waals surface area contributed by atoms with E-state index in [-0.39, 0.29) is 0 Å². The van der Waals surface area contributed by atoms with Gasteiger partial charge in [-0.2, -0.15) is 0 Å². The van der Waals surface area contributed by atoms with Crippen molar-refractivity contribution in [3.05, 3.63) is 79.1 Å². The van der Waals surface area contributed by atoms with Crippen molar-refractivity contribution >= 4 is 10.9 Å². The largest absolute Gasteiger partial charge is 0.494 e. The van der Waals surface area contributed by atoms with Gasteiger partial charge in [0.25, 0.3) is 0 Å². The molecule has 4 nitrogen and oxygen atoms in total. The molecule has 0 aliphatic carbocycles. The zero-order valence-electron chi connectivity index (χ0n) is 16.0. The standard InChI is InChI=1S/C24H24N2O2/c1-2-16-27-20-11-9-19(10-12-20)23-18-24(21-7-3-4-8-22(21)25-23)28-17-15-26-13-5-6-14-26/h3-14,18H,2,15-17H2,1H3. The summed E-state index contributed by atoms with van der Waals surface area (Å²) in [4.78, 5) is 4.83. The summed E-state index contributed by atoms with van der Waals surface area (Å²) < 4.78 is 13.9. The second kappa shape index (κ2) is 8.61. The number of rotatable bonds is 8. The van der Waals surface area contributed by atoms with E-state index in [4.69, 9.17) is 14.5 Å². The highest BCUT2D eigenvalue weighted by Crippen LogP contribution is 2.30. The van der Waals surface area contributed by atoms with E-state index < -0.39 is 0 Å². The van der Waals surface area contributed by atoms with Crippen LogP contribution < -0.4 is 9.47 Å². The molecule has 0 saturated heterocycles. The maximum absolute atomic E-state index is 6.15. The molecule has 0 fully saturated rings. The lowest BCUT2D eigenvalue weighted by Crippen LogP contribution is -2.07. The molecule has 0 N–H and O–H groups in total. The molecule has 0 unspecified atom stereocenters. The Morgan fingerprint density at radius 2 is 1.64 bits per heavy atom. The summed E-state index contributed by atoms with van der Waals surface area (Å²) in [6.07, 6.45) is 5.08. The van der Waals surface area contributed by atoms with Crippen molar-refractivity contribution in [1.82, 2.24) is 9.55 Å². The van der Waals surface area contributed by atoms with Gasteiger partial charge in [0.05, 0.1) is 24.4 Å². The molecule has 4 rings (SSSR count). The first kappa shape index (κ1) is 18.1. The molecule has 0 atom stereocenters. The van der Waals surface area contributed by atoms with Crippen molar-refractivity contribution in [1.29, 1.82) is 0 Å². The van der Waals surface area contributed by atoms with Crippen molar-refractivity contribution in [3.63, 3.8) is 0 Å². The lowest BCUT2D eigenvalue weighted by molar-refractivity contribution is 0.302. The van der Waals surface area contributed by atoms with E-state index >= 15 is 0 Å². The maximum Gasteiger partial charge on any atom is 0.130 e. The van der Waals surface area contributed by atoms with E-state index in [0.29, 0.717) is 6.61 Å². The van der Waals surface area contributed by atoms with Crippen molar-refractivity contribution in [2.24, 2.45) is 0 Å². The van der Waals surface area contributed by atoms with Crippen molar-refractivity contribution in [2.75, 3.05) is 13.2 Å². The van der Waals surface area contributed by atoms with E-state index in [1.165, 1.54) is 0 Å². The lowest BCUT2D eigenvalue weighted by Gasteiger charge is -2.12. The molecule has 0 amide bonds. The Labute approximate surface area is 165 Å². The Balaban J connectivity index is 1.59. The van der Waals surface area contributed by atoms with Crippen LogP contribution in [0.1, 0.15) is 13.3 Å². The third-order valence-corrected chi connectivity index (χ3v) is 4.57. The molecule has 28 heavy (non-hydrogen) atoms. The number of para-hydroxylation sites is 1. The van der Waals surface area contributed by atoms with Crippen LogP contribution in [0.4, 0.5) is 0 Å². The number of hydrogen-bond donors (Lipinski definition) is 0. The van der Waals surface area contributed by atoms with Crippen molar-refractivity contribution in [3.8, 4) is 22.8 Å². The average Bonchev–Trinajstić information content (AvgIpc) is 3.26. The Bertz CT molecular complexity index is 1020. The molecule has 4 heteroatoms. The normalized spacial score (nSPS) is 10.9. The summed E-state index contributed by atoms with van der Waals surface area (Å²) in [6.45, 7) is 4.24. The molecule has 0 radical (unpaired) electrons. The molecule has 0 bridgehead atoms. The Kier molecular flexibility index (Phi) is 5.57. The molecule has 0 aliphatic heterocycles. The number of pyridine rings is 1. The van der Waals surface area contributed by atoms with E-state index in [1.54, 1.807) is 0 Å². The molecular formula is C24H24N2O2. The van der Waals surface area contributed by atoms with Crippen LogP contribution in [-0.2, 0) is 6.54 Å². The van der Waals surface area contributed by atoms with Crippen LogP contribution in [0.3, 0.4) is 0 Å². The third kappa shape index (κ3) is 4.17. The zero-order chi connectivity index (χ0) is 19.2. The van der Waals surface area contributed by atoms with Gasteiger partial charge in [0.2, 0.25) is 0 Å². The number of aromatic nitrogens is 2. The van der Waals surface area contributed by atoms with E-state index in [0.717, 1.165) is 53.2 Å². The first-order valence-corrected chi connectivity index (χ1v) is 9.70. The maximum atomic E-state index is 6.15. The van der Waals surface area contributed by atoms with Gasteiger partial charge in [-0.1, -0.05) is 19.1 Å². The third-order valence-electron chi connectivity index (χ3n) is 4.57. The molecule has 0 spiro atoms. The van der Waals surface area contributed by atoms with Crippen LogP contribution in [0.25, 0.3) is 22.2 Å². The van der Waals surface area contributed by atoms with Gasteiger partial charge in [0.15, 0.2) is 0 Å². The van der Waals surface area contributed by atoms with Gasteiger partial charge < -0.3 is 14.0 Å². The van der Waals surface area contributed by atoms with Crippen LogP contribution in [-0.4, -0.2) is 22.8 Å². The molecule has 4 aromatic rings. The summed E-state index contributed by atoms with van der Waals surface area (Å²) in [7, 11) is 0. The molecule has 2 aromatic carbocycles. The lowest BCUT2D eigenvalue weighted by atomic mass is 10.1. The predicted octanol–water partition coefficient (Wildman–Crippen LogP) is 5.57. The van der Waals surface area contributed by atoms with Gasteiger partial charge in [-0.25, -0.2) is 4.98 Å². The predicted molar refractivity (Wildman–Crippen MR) is 113 cm³/mol. The highest BCUT2D eigenvalue weighted by Gasteiger charge is 2.09. The van der Waals surface area contributed by atoms with Crippen LogP contribution in [0.15, 0.2) is 79.1 Å². The van der Waals surface area contributed by atoms with E-state index in [9.17, 15) is 0 Å². The quantitative estimate of drug-likeness (QED) is 0.406. The van der Waals surface area contributed by atoms with E-state index in [2.05, 4.69) is 17.6 Å². The molecular weight excluding hydrogens is 348 g/mol. The summed E-state index contributed by atoms with van der Waals surface area (Å²) in [6, 6.07) is 22.3. The molecule has 142 valence electrons. The Morgan fingerprint density at radius 3 is 2.43 bits per heavy atom. The molecule has 0 aliphatic rings. The SMILES string of the molecule is CCCOc1ccc(-c2cc(OCCn3cccc3)c3ccccc3n2)cc1. The van der Waals surface area contributed by atoms with Gasteiger partial charge in [-0.15, -0.1) is 0 Å². The van der Waals surface area contributed by atoms with Crippen LogP contribution >= 0.6 is 0 Å². The monoisotopic (exact) mass is 372 g/mol. The second-order valence-corrected chi connectivity index (χ2v) is 6.66. The summed E-state index contributed by atoms with van der Waals surface area (Å²) in [5.74, 6) is 1.74. The zero-order valence-corrected chi connectivity index (χ0v) is 16.0. The van der Waals surface area contributed by atoms with Crippen LogP contribution in [0.5, 0.6) is 11.5 Å². The second-order valence-electron chi connectivity index (χ2n) is 6.66. The topological polar surface area (TPSA) is 36.3 Å². The van der Waals surface area contributed by atoms with Crippen LogP contribution in [0, 0.1) is 0 Å². The van der Waals surface area contributed by atoms with Gasteiger partial charge in [0, 0.05) is 29.4 Å². The molecule has 2 aromatic heterocycles. The number of benzene rings is 2. The first-order chi connectivity index (χ1) is 13.8. The van der Waals surface area contributed by atoms with Gasteiger partial charge >= 0.3 is 0 Å². The minimum Gasteiger partial charge on any atom is -0.494 e. The van der Waals surface area contributed by atoms with Crippen molar-refractivity contribution < 1.29 is 9.47 Å². The number of ether oxygens (including phenoxy) is 2. The fourth-order valence-electron chi connectivity index (χ4n) is 3.13. The summed E-state index contributed by atoms with van der Waals surface area (Å²) in [5.41, 5.74) is 2.88. The first-order valence-electron chi connectivity index (χ1n) is 9.70. The number of nitrogens with zero attached hydrogens (tertiary/aromatic N) is 2. The minimum atomic E-state index is 0.603. The van der Waals surface area contributed by atoms with Gasteiger partial charge in [-0.3, -0.25) is 0 Å². The molecule has 2 heterocycles. The average molecular weight is 372 g/mol. The highest BCUT2D eigenvalue weighted by atomic mass is 16.5. The van der Waals surface area contributed by atoms with Gasteiger partial charge in [-0.05, 0) is 55.0 Å². The molecule has 0 saturated carbocycles. The van der Waals surface area contributed by atoms with E-state index in [1.807, 2.05) is 73.1 Å². The minimum absolute atomic E-state index is 0.603. The number of fused-ring (bicyclic) bond motifs is 1. The highest BCUT2D eigenvalue weighted by molar-refractivity contribution is 5.87. The van der Waals surface area contributed by atoms with Crippen LogP contribution in [0.2, 0.25) is 0 Å². The Morgan fingerprint density at radius 1 is 0.857 bits per heavy atom. The summed E-state index contributed by atoms with van der Waals surface area (Å²) >= 11 is 0. The fourth-order valence-corrected chi connectivity index (χ4v) is 3.13. The fraction of sp³-hybridized carbons (Fsp3) is 0.208. The number of hydrogen-bond acceptors (Lipinski definition) is 3. The van der Waals surface area contributed by atoms with Gasteiger partial charge in [0.1, 0.15) is 18.1 Å².